The summed E-state index contributed by atoms with van der Waals surface area (Å²) in [5.41, 5.74) is 4.36. The Bertz CT molecular complexity index is 2600. The lowest BCUT2D eigenvalue weighted by Gasteiger charge is -2.16. The van der Waals surface area contributed by atoms with Gasteiger partial charge in [-0.2, -0.15) is 23.3 Å². The molecule has 4 aromatic heterocycles. The number of hydrogen-bond acceptors (Lipinski definition) is 12. The van der Waals surface area contributed by atoms with E-state index in [2.05, 4.69) is 55.1 Å². The van der Waals surface area contributed by atoms with Crippen molar-refractivity contribution in [2.45, 2.75) is 56.8 Å². The van der Waals surface area contributed by atoms with Crippen LogP contribution in [0.4, 0.5) is 5.82 Å². The number of aliphatic hydroxyl groups excluding tert-OH is 2. The Morgan fingerprint density at radius 1 is 1.12 bits per heavy atom. The quantitative estimate of drug-likeness (QED) is 0.126. The molecule has 304 valence electrons. The van der Waals surface area contributed by atoms with Crippen LogP contribution in [0.5, 0.6) is 0 Å². The Morgan fingerprint density at radius 2 is 1.90 bits per heavy atom. The number of nitrogens with zero attached hydrogens (tertiary/aromatic N) is 7. The van der Waals surface area contributed by atoms with Gasteiger partial charge in [0.15, 0.2) is 0 Å². The summed E-state index contributed by atoms with van der Waals surface area (Å²) in [6, 6.07) is 18.5. The molecule has 2 aliphatic carbocycles. The van der Waals surface area contributed by atoms with E-state index in [4.69, 9.17) is 26.0 Å². The highest BCUT2D eigenvalue weighted by molar-refractivity contribution is 7.84. The van der Waals surface area contributed by atoms with Crippen LogP contribution in [0.2, 0.25) is 5.02 Å². The predicted molar refractivity (Wildman–Crippen MR) is 217 cm³/mol. The molecule has 1 fully saturated rings. The summed E-state index contributed by atoms with van der Waals surface area (Å²) in [5.74, 6) is -0.106. The molecule has 0 aliphatic heterocycles. The standard InChI is InChI=1S/C21H25N5O4S.C18H18ClN5O3/c22-31(28,29)30-11-14-9-15(10-19(14)27)26-8-7-17-20(23-12-24-21(17)26)25-18-6-5-13-3-1-2-4-16(13)18;1-11(10-25)21-17(26)15-7-16(12-3-5-13(19)6-4-12)22-24(18(15)27)14-8-20-23(2)9-14/h1-4,7-8,12,14-15,18-19,27H,5-6,9-11H2,(H2,22,28,29)(H,23,24,25);3-9,11,25H,10H2,1-2H3,(H,21,26). The molecule has 2 aliphatic rings. The fraction of sp³-hybridized carbons (Fsp3) is 0.333. The highest BCUT2D eigenvalue weighted by atomic mass is 35.5. The largest absolute Gasteiger partial charge is 0.394 e. The van der Waals surface area contributed by atoms with Gasteiger partial charge >= 0.3 is 10.3 Å². The molecule has 17 nitrogen and oxygen atoms in total. The lowest BCUT2D eigenvalue weighted by Crippen LogP contribution is -2.39. The fourth-order valence-corrected chi connectivity index (χ4v) is 7.86. The predicted octanol–water partition coefficient (Wildman–Crippen LogP) is 3.46. The number of anilines is 1. The number of carbonyl (C=O) groups excluding carboxylic acids is 1. The summed E-state index contributed by atoms with van der Waals surface area (Å²) in [5, 5.41) is 40.5. The van der Waals surface area contributed by atoms with Gasteiger partial charge in [-0.15, -0.1) is 0 Å². The van der Waals surface area contributed by atoms with Gasteiger partial charge in [-0.3, -0.25) is 18.5 Å². The van der Waals surface area contributed by atoms with Gasteiger partial charge in [0.25, 0.3) is 11.5 Å². The topological polar surface area (TPSA) is 234 Å². The third kappa shape index (κ3) is 9.12. The number of hydrogen-bond donors (Lipinski definition) is 5. The minimum atomic E-state index is -4.03. The number of nitrogens with two attached hydrogens (primary N) is 1. The van der Waals surface area contributed by atoms with Gasteiger partial charge < -0.3 is 25.4 Å². The Kier molecular flexibility index (Phi) is 12.0. The second kappa shape index (κ2) is 17.2. The maximum absolute atomic E-state index is 12.8. The van der Waals surface area contributed by atoms with E-state index >= 15 is 0 Å². The minimum Gasteiger partial charge on any atom is -0.394 e. The molecule has 2 aromatic carbocycles. The molecule has 0 spiro atoms. The second-order valence-corrected chi connectivity index (χ2v) is 16.1. The fourth-order valence-electron chi connectivity index (χ4n) is 7.37. The average molecular weight is 831 g/mol. The Balaban J connectivity index is 0.000000179. The zero-order valence-corrected chi connectivity index (χ0v) is 33.2. The molecule has 4 heterocycles. The molecular weight excluding hydrogens is 788 g/mol. The van der Waals surface area contributed by atoms with Gasteiger partial charge in [-0.25, -0.2) is 15.1 Å². The average Bonchev–Trinajstić information content (AvgIpc) is 4.01. The highest BCUT2D eigenvalue weighted by Gasteiger charge is 2.36. The van der Waals surface area contributed by atoms with E-state index in [0.29, 0.717) is 34.8 Å². The van der Waals surface area contributed by atoms with Crippen LogP contribution >= 0.6 is 11.6 Å². The van der Waals surface area contributed by atoms with Crippen molar-refractivity contribution in [2.75, 3.05) is 18.5 Å². The number of aromatic nitrogens is 7. The first-order valence-corrected chi connectivity index (χ1v) is 20.4. The number of nitrogens with one attached hydrogen (secondary N) is 2. The summed E-state index contributed by atoms with van der Waals surface area (Å²) >= 11 is 5.93. The molecule has 1 amide bonds. The van der Waals surface area contributed by atoms with Crippen molar-refractivity contribution in [2.24, 2.45) is 18.1 Å². The van der Waals surface area contributed by atoms with E-state index in [0.717, 1.165) is 34.4 Å². The molecule has 0 saturated heterocycles. The number of amides is 1. The van der Waals surface area contributed by atoms with Gasteiger partial charge in [0.2, 0.25) is 0 Å². The number of halogens is 1. The van der Waals surface area contributed by atoms with E-state index < -0.39 is 33.9 Å². The summed E-state index contributed by atoms with van der Waals surface area (Å²) in [7, 11) is -2.31. The van der Waals surface area contributed by atoms with Crippen molar-refractivity contribution in [3.63, 3.8) is 0 Å². The molecule has 19 heteroatoms. The number of benzene rings is 2. The molecule has 5 atom stereocenters. The molecular formula is C39H43ClN10O7S. The van der Waals surface area contributed by atoms with E-state index in [1.165, 1.54) is 28.1 Å². The van der Waals surface area contributed by atoms with Crippen molar-refractivity contribution in [1.29, 1.82) is 0 Å². The summed E-state index contributed by atoms with van der Waals surface area (Å²) in [6.45, 7) is 1.27. The van der Waals surface area contributed by atoms with E-state index in [1.54, 1.807) is 50.8 Å². The molecule has 6 N–H and O–H groups in total. The lowest BCUT2D eigenvalue weighted by molar-refractivity contribution is 0.0919. The molecule has 1 saturated carbocycles. The Morgan fingerprint density at radius 3 is 2.62 bits per heavy atom. The maximum atomic E-state index is 12.8. The lowest BCUT2D eigenvalue weighted by atomic mass is 10.1. The Labute approximate surface area is 338 Å². The van der Waals surface area contributed by atoms with Crippen LogP contribution in [0.3, 0.4) is 0 Å². The molecule has 0 bridgehead atoms. The van der Waals surface area contributed by atoms with Crippen LogP contribution in [0.15, 0.2) is 90.4 Å². The minimum absolute atomic E-state index is 0.0171. The Hall–Kier alpha value is -5.50. The monoisotopic (exact) mass is 830 g/mol. The van der Waals surface area contributed by atoms with Gasteiger partial charge in [-0.05, 0) is 68.0 Å². The van der Waals surface area contributed by atoms with Gasteiger partial charge in [0.1, 0.15) is 29.0 Å². The number of fused-ring (bicyclic) bond motifs is 2. The maximum Gasteiger partial charge on any atom is 0.333 e. The van der Waals surface area contributed by atoms with Gasteiger partial charge in [0.05, 0.1) is 48.8 Å². The normalized spacial score (nSPS) is 19.3. The third-order valence-corrected chi connectivity index (χ3v) is 11.0. The molecule has 58 heavy (non-hydrogen) atoms. The number of aliphatic hydroxyl groups is 2. The summed E-state index contributed by atoms with van der Waals surface area (Å²) in [6.07, 6.45) is 9.07. The van der Waals surface area contributed by atoms with Crippen LogP contribution in [0.25, 0.3) is 28.0 Å². The number of aryl methyl sites for hydroxylation is 2. The number of carbonyl (C=O) groups is 1. The molecule has 5 unspecified atom stereocenters. The van der Waals surface area contributed by atoms with E-state index in [-0.39, 0.29) is 36.8 Å². The van der Waals surface area contributed by atoms with Crippen molar-refractivity contribution in [3.05, 3.63) is 118 Å². The molecule has 8 rings (SSSR count). The van der Waals surface area contributed by atoms with Crippen LogP contribution in [-0.4, -0.2) is 84.0 Å². The second-order valence-electron chi connectivity index (χ2n) is 14.4. The van der Waals surface area contributed by atoms with Crippen molar-refractivity contribution >= 4 is 44.7 Å². The first-order chi connectivity index (χ1) is 27.8. The third-order valence-electron chi connectivity index (χ3n) is 10.3. The van der Waals surface area contributed by atoms with Gasteiger partial charge in [-0.1, -0.05) is 48.0 Å². The first kappa shape index (κ1) is 40.7. The first-order valence-electron chi connectivity index (χ1n) is 18.6. The summed E-state index contributed by atoms with van der Waals surface area (Å²) in [4.78, 5) is 34.4. The van der Waals surface area contributed by atoms with Crippen molar-refractivity contribution in [3.8, 4) is 16.9 Å². The van der Waals surface area contributed by atoms with E-state index in [9.17, 15) is 23.1 Å². The van der Waals surface area contributed by atoms with Crippen LogP contribution in [-0.2, 0) is 28.0 Å². The van der Waals surface area contributed by atoms with E-state index in [1.807, 2.05) is 16.8 Å². The number of rotatable bonds is 11. The smallest absolute Gasteiger partial charge is 0.333 e. The van der Waals surface area contributed by atoms with Gasteiger partial charge in [0, 0.05) is 41.8 Å². The van der Waals surface area contributed by atoms with Crippen molar-refractivity contribution in [1.82, 2.24) is 39.4 Å². The summed E-state index contributed by atoms with van der Waals surface area (Å²) < 4.78 is 31.6. The zero-order chi connectivity index (χ0) is 41.1. The zero-order valence-electron chi connectivity index (χ0n) is 31.6. The molecule has 6 aromatic rings. The van der Waals surface area contributed by atoms with Crippen LogP contribution in [0.1, 0.15) is 59.8 Å². The van der Waals surface area contributed by atoms with Crippen LogP contribution in [0, 0.1) is 5.92 Å². The SMILES string of the molecule is CC(CO)NC(=O)c1cc(-c2ccc(Cl)cc2)nn(-c2cnn(C)c2)c1=O.NS(=O)(=O)OCC1CC(n2ccc3c(NC4CCc5ccccc54)ncnc32)CC1O. The highest BCUT2D eigenvalue weighted by Crippen LogP contribution is 2.39. The van der Waals surface area contributed by atoms with Crippen molar-refractivity contribution < 1.29 is 27.6 Å². The van der Waals surface area contributed by atoms with Crippen LogP contribution < -0.4 is 21.3 Å². The molecule has 0 radical (unpaired) electrons.